The molecule has 0 amide bonds. The van der Waals surface area contributed by atoms with Crippen LogP contribution < -0.4 is 5.32 Å². The van der Waals surface area contributed by atoms with Crippen LogP contribution in [0.5, 0.6) is 0 Å². The molecule has 1 aromatic rings. The standard InChI is InChI=1S/C12H17ClN4S/c1-3-14-12-15-10(13)9-7-4-5-17(2)6-8(7)18-11(9)16-12/h7-8H,3-6H2,1-2H3,(H,14,15,16). The van der Waals surface area contributed by atoms with Crippen molar-refractivity contribution in [3.05, 3.63) is 10.7 Å². The Labute approximate surface area is 117 Å². The Morgan fingerprint density at radius 2 is 2.33 bits per heavy atom. The Morgan fingerprint density at radius 3 is 3.11 bits per heavy atom. The summed E-state index contributed by atoms with van der Waals surface area (Å²) in [5, 5.41) is 5.44. The van der Waals surface area contributed by atoms with Crippen molar-refractivity contribution in [1.82, 2.24) is 14.9 Å². The van der Waals surface area contributed by atoms with Crippen molar-refractivity contribution in [3.8, 4) is 0 Å². The van der Waals surface area contributed by atoms with Crippen LogP contribution in [0.4, 0.5) is 5.95 Å². The first-order valence-corrected chi connectivity index (χ1v) is 7.61. The van der Waals surface area contributed by atoms with Gasteiger partial charge in [0.25, 0.3) is 0 Å². The lowest BCUT2D eigenvalue weighted by atomic mass is 9.91. The molecular formula is C12H17ClN4S. The minimum atomic E-state index is 0.532. The van der Waals surface area contributed by atoms with Crippen LogP contribution in [0.2, 0.25) is 5.15 Å². The van der Waals surface area contributed by atoms with Gasteiger partial charge < -0.3 is 10.2 Å². The number of hydrogen-bond donors (Lipinski definition) is 1. The number of piperidine rings is 1. The molecule has 2 aliphatic heterocycles. The minimum Gasteiger partial charge on any atom is -0.354 e. The molecule has 0 aromatic carbocycles. The molecular weight excluding hydrogens is 268 g/mol. The van der Waals surface area contributed by atoms with Gasteiger partial charge >= 0.3 is 0 Å². The molecule has 2 atom stereocenters. The highest BCUT2D eigenvalue weighted by Gasteiger charge is 2.40. The molecule has 0 spiro atoms. The average Bonchev–Trinajstić information content (AvgIpc) is 2.66. The highest BCUT2D eigenvalue weighted by atomic mass is 35.5. The summed E-state index contributed by atoms with van der Waals surface area (Å²) in [6.45, 7) is 5.09. The fraction of sp³-hybridized carbons (Fsp3) is 0.667. The summed E-state index contributed by atoms with van der Waals surface area (Å²) in [4.78, 5) is 11.3. The maximum absolute atomic E-state index is 6.35. The fourth-order valence-corrected chi connectivity index (χ4v) is 4.66. The zero-order chi connectivity index (χ0) is 12.7. The highest BCUT2D eigenvalue weighted by Crippen LogP contribution is 2.50. The molecule has 1 fully saturated rings. The lowest BCUT2D eigenvalue weighted by Crippen LogP contribution is -2.36. The van der Waals surface area contributed by atoms with Crippen molar-refractivity contribution in [2.24, 2.45) is 0 Å². The summed E-state index contributed by atoms with van der Waals surface area (Å²) in [5.74, 6) is 1.19. The molecule has 3 heterocycles. The van der Waals surface area contributed by atoms with Crippen molar-refractivity contribution < 1.29 is 0 Å². The van der Waals surface area contributed by atoms with E-state index in [9.17, 15) is 0 Å². The summed E-state index contributed by atoms with van der Waals surface area (Å²) in [6.07, 6.45) is 1.16. The third kappa shape index (κ3) is 2.08. The van der Waals surface area contributed by atoms with Crippen LogP contribution in [-0.4, -0.2) is 46.8 Å². The molecule has 2 aliphatic rings. The maximum atomic E-state index is 6.35. The van der Waals surface area contributed by atoms with Gasteiger partial charge in [0, 0.05) is 29.8 Å². The minimum absolute atomic E-state index is 0.532. The summed E-state index contributed by atoms with van der Waals surface area (Å²) in [6, 6.07) is 0. The van der Waals surface area contributed by atoms with Gasteiger partial charge in [0.05, 0.1) is 0 Å². The van der Waals surface area contributed by atoms with Gasteiger partial charge in [-0.1, -0.05) is 11.6 Å². The number of aromatic nitrogens is 2. The van der Waals surface area contributed by atoms with E-state index in [4.69, 9.17) is 11.6 Å². The molecule has 1 saturated heterocycles. The van der Waals surface area contributed by atoms with E-state index in [1.165, 1.54) is 5.56 Å². The zero-order valence-electron chi connectivity index (χ0n) is 10.6. The number of rotatable bonds is 2. The van der Waals surface area contributed by atoms with Crippen molar-refractivity contribution in [1.29, 1.82) is 0 Å². The van der Waals surface area contributed by atoms with Crippen LogP contribution in [0.25, 0.3) is 0 Å². The molecule has 0 bridgehead atoms. The molecule has 2 unspecified atom stereocenters. The van der Waals surface area contributed by atoms with Gasteiger partial charge in [-0.25, -0.2) is 9.97 Å². The van der Waals surface area contributed by atoms with Crippen LogP contribution in [0, 0.1) is 0 Å². The van der Waals surface area contributed by atoms with E-state index in [1.54, 1.807) is 0 Å². The average molecular weight is 285 g/mol. The van der Waals surface area contributed by atoms with E-state index < -0.39 is 0 Å². The molecule has 3 rings (SSSR count). The Hall–Kier alpha value is -0.520. The van der Waals surface area contributed by atoms with Gasteiger partial charge in [0.1, 0.15) is 10.2 Å². The summed E-state index contributed by atoms with van der Waals surface area (Å²) in [7, 11) is 2.18. The molecule has 0 radical (unpaired) electrons. The number of halogens is 1. The summed E-state index contributed by atoms with van der Waals surface area (Å²) in [5.41, 5.74) is 1.18. The predicted molar refractivity (Wildman–Crippen MR) is 75.7 cm³/mol. The first-order valence-electron chi connectivity index (χ1n) is 6.35. The third-order valence-corrected chi connectivity index (χ3v) is 5.20. The topological polar surface area (TPSA) is 41.1 Å². The normalized spacial score (nSPS) is 26.8. The van der Waals surface area contributed by atoms with E-state index >= 15 is 0 Å². The smallest absolute Gasteiger partial charge is 0.225 e. The number of thioether (sulfide) groups is 1. The number of fused-ring (bicyclic) bond motifs is 3. The van der Waals surface area contributed by atoms with Crippen LogP contribution in [0.15, 0.2) is 5.03 Å². The van der Waals surface area contributed by atoms with Crippen molar-refractivity contribution >= 4 is 29.3 Å². The Kier molecular flexibility index (Phi) is 3.38. The molecule has 98 valence electrons. The van der Waals surface area contributed by atoms with Crippen molar-refractivity contribution in [2.45, 2.75) is 29.5 Å². The van der Waals surface area contributed by atoms with Gasteiger partial charge in [-0.15, -0.1) is 11.8 Å². The maximum Gasteiger partial charge on any atom is 0.225 e. The Balaban J connectivity index is 1.94. The molecule has 18 heavy (non-hydrogen) atoms. The van der Waals surface area contributed by atoms with Crippen molar-refractivity contribution in [3.63, 3.8) is 0 Å². The summed E-state index contributed by atoms with van der Waals surface area (Å²) < 4.78 is 0. The van der Waals surface area contributed by atoms with Gasteiger partial charge in [0.15, 0.2) is 0 Å². The van der Waals surface area contributed by atoms with Crippen LogP contribution in [0.1, 0.15) is 24.8 Å². The van der Waals surface area contributed by atoms with E-state index in [0.717, 1.165) is 31.1 Å². The lowest BCUT2D eigenvalue weighted by molar-refractivity contribution is 0.264. The molecule has 1 N–H and O–H groups in total. The van der Waals surface area contributed by atoms with Crippen LogP contribution >= 0.6 is 23.4 Å². The highest BCUT2D eigenvalue weighted by molar-refractivity contribution is 8.00. The quantitative estimate of drug-likeness (QED) is 0.845. The second kappa shape index (κ2) is 4.87. The number of anilines is 1. The molecule has 0 saturated carbocycles. The first-order chi connectivity index (χ1) is 8.69. The first kappa shape index (κ1) is 12.5. The van der Waals surface area contributed by atoms with Crippen LogP contribution in [-0.2, 0) is 0 Å². The molecule has 0 aliphatic carbocycles. The number of nitrogens with one attached hydrogen (secondary N) is 1. The molecule has 4 nitrogen and oxygen atoms in total. The monoisotopic (exact) mass is 284 g/mol. The Bertz CT molecular complexity index is 468. The van der Waals surface area contributed by atoms with Gasteiger partial charge in [0.2, 0.25) is 5.95 Å². The SMILES string of the molecule is CCNc1nc(Cl)c2c(n1)SC1CN(C)CCC21. The largest absolute Gasteiger partial charge is 0.354 e. The lowest BCUT2D eigenvalue weighted by Gasteiger charge is -2.31. The summed E-state index contributed by atoms with van der Waals surface area (Å²) >= 11 is 8.21. The number of nitrogens with zero attached hydrogens (tertiary/aromatic N) is 3. The van der Waals surface area contributed by atoms with Gasteiger partial charge in [-0.3, -0.25) is 0 Å². The number of likely N-dealkylation sites (tertiary alicyclic amines) is 1. The molecule has 6 heteroatoms. The van der Waals surface area contributed by atoms with Crippen LogP contribution in [0.3, 0.4) is 0 Å². The predicted octanol–water partition coefficient (Wildman–Crippen LogP) is 2.46. The third-order valence-electron chi connectivity index (χ3n) is 3.60. The van der Waals surface area contributed by atoms with Crippen molar-refractivity contribution in [2.75, 3.05) is 32.0 Å². The fourth-order valence-electron chi connectivity index (χ4n) is 2.73. The van der Waals surface area contributed by atoms with E-state index in [0.29, 0.717) is 22.3 Å². The second-order valence-electron chi connectivity index (χ2n) is 4.90. The van der Waals surface area contributed by atoms with E-state index in [2.05, 4.69) is 27.2 Å². The number of hydrogen-bond acceptors (Lipinski definition) is 5. The zero-order valence-corrected chi connectivity index (χ0v) is 12.2. The van der Waals surface area contributed by atoms with Gasteiger partial charge in [-0.05, 0) is 26.9 Å². The second-order valence-corrected chi connectivity index (χ2v) is 6.49. The van der Waals surface area contributed by atoms with Gasteiger partial charge in [-0.2, -0.15) is 0 Å². The van der Waals surface area contributed by atoms with E-state index in [1.807, 2.05) is 18.7 Å². The Morgan fingerprint density at radius 1 is 1.50 bits per heavy atom. The molecule has 1 aromatic heterocycles. The van der Waals surface area contributed by atoms with E-state index in [-0.39, 0.29) is 0 Å².